The van der Waals surface area contributed by atoms with E-state index in [1.54, 1.807) is 6.20 Å². The molecule has 30 heavy (non-hydrogen) atoms. The van der Waals surface area contributed by atoms with Crippen LogP contribution >= 0.6 is 0 Å². The molecule has 10 heteroatoms. The number of carbonyl (C=O) groups excluding carboxylic acids is 1. The number of methoxy groups -OCH3 is 1. The number of nitrogens with zero attached hydrogens (tertiary/aromatic N) is 2. The van der Waals surface area contributed by atoms with Crippen LogP contribution in [0, 0.1) is 0 Å². The minimum absolute atomic E-state index is 0.116. The van der Waals surface area contributed by atoms with Gasteiger partial charge >= 0.3 is 12.2 Å². The number of urea groups is 1. The third-order valence-electron chi connectivity index (χ3n) is 4.51. The summed E-state index contributed by atoms with van der Waals surface area (Å²) in [5.74, 6) is 0.939. The van der Waals surface area contributed by atoms with Gasteiger partial charge in [0.1, 0.15) is 5.82 Å². The Bertz CT molecular complexity index is 853. The lowest BCUT2D eigenvalue weighted by molar-refractivity contribution is -0.153. The lowest BCUT2D eigenvalue weighted by Gasteiger charge is -2.16. The minimum Gasteiger partial charge on any atom is -0.493 e. The van der Waals surface area contributed by atoms with Gasteiger partial charge in [-0.3, -0.25) is 0 Å². The van der Waals surface area contributed by atoms with Gasteiger partial charge in [-0.1, -0.05) is 6.07 Å². The zero-order chi connectivity index (χ0) is 21.6. The quantitative estimate of drug-likeness (QED) is 0.704. The number of aromatic nitrogens is 1. The molecule has 0 saturated carbocycles. The molecular weight excluding hydrogens is 401 g/mol. The number of alkyl halides is 3. The Kier molecular flexibility index (Phi) is 6.86. The molecule has 2 amide bonds. The van der Waals surface area contributed by atoms with Crippen LogP contribution in [0.5, 0.6) is 11.5 Å². The third kappa shape index (κ3) is 6.16. The first-order chi connectivity index (χ1) is 14.3. The first kappa shape index (κ1) is 21.5. The Labute approximate surface area is 172 Å². The number of benzene rings is 1. The monoisotopic (exact) mass is 424 g/mol. The number of pyridine rings is 1. The summed E-state index contributed by atoms with van der Waals surface area (Å²) in [5.41, 5.74) is 1.10. The van der Waals surface area contributed by atoms with Gasteiger partial charge in [0.2, 0.25) is 0 Å². The number of anilines is 2. The lowest BCUT2D eigenvalue weighted by atomic mass is 10.2. The highest BCUT2D eigenvalue weighted by atomic mass is 19.4. The maximum Gasteiger partial charge on any atom is 0.422 e. The van der Waals surface area contributed by atoms with Crippen molar-refractivity contribution in [2.24, 2.45) is 0 Å². The highest BCUT2D eigenvalue weighted by Crippen LogP contribution is 2.31. The second-order valence-corrected chi connectivity index (χ2v) is 6.80. The van der Waals surface area contributed by atoms with E-state index in [9.17, 15) is 18.0 Å². The van der Waals surface area contributed by atoms with Crippen LogP contribution in [-0.4, -0.2) is 44.0 Å². The Morgan fingerprint density at radius 1 is 1.17 bits per heavy atom. The molecule has 1 saturated heterocycles. The molecule has 7 nitrogen and oxygen atoms in total. The Balaban J connectivity index is 1.53. The molecule has 0 spiro atoms. The number of halogens is 3. The van der Waals surface area contributed by atoms with E-state index >= 15 is 0 Å². The highest BCUT2D eigenvalue weighted by molar-refractivity contribution is 5.89. The smallest absolute Gasteiger partial charge is 0.422 e. The molecule has 0 bridgehead atoms. The fourth-order valence-electron chi connectivity index (χ4n) is 3.04. The van der Waals surface area contributed by atoms with Gasteiger partial charge < -0.3 is 25.0 Å². The van der Waals surface area contributed by atoms with Crippen molar-refractivity contribution in [3.05, 3.63) is 42.1 Å². The fraction of sp³-hybridized carbons (Fsp3) is 0.400. The molecule has 2 N–H and O–H groups in total. The van der Waals surface area contributed by atoms with Crippen molar-refractivity contribution >= 4 is 17.5 Å². The standard InChI is InChI=1S/C20H23F3N4O3/c1-29-16-6-5-15(10-17(16)30-13-20(21,22)23)26-19(28)25-12-14-4-7-18(24-11-14)27-8-2-3-9-27/h4-7,10-11H,2-3,8-9,12-13H2,1H3,(H2,25,26,28). The Hall–Kier alpha value is -3.17. The van der Waals surface area contributed by atoms with Gasteiger partial charge in [-0.15, -0.1) is 0 Å². The molecule has 1 aromatic carbocycles. The normalized spacial score (nSPS) is 13.8. The molecule has 0 unspecified atom stereocenters. The number of ether oxygens (including phenoxy) is 2. The fourth-order valence-corrected chi connectivity index (χ4v) is 3.04. The van der Waals surface area contributed by atoms with Crippen molar-refractivity contribution in [1.29, 1.82) is 0 Å². The van der Waals surface area contributed by atoms with Crippen LogP contribution < -0.4 is 25.0 Å². The topological polar surface area (TPSA) is 75.7 Å². The summed E-state index contributed by atoms with van der Waals surface area (Å²) in [6, 6.07) is 7.51. The van der Waals surface area contributed by atoms with Gasteiger partial charge in [0.05, 0.1) is 7.11 Å². The first-order valence-electron chi connectivity index (χ1n) is 9.46. The van der Waals surface area contributed by atoms with E-state index in [1.165, 1.54) is 38.2 Å². The average molecular weight is 424 g/mol. The molecule has 3 rings (SSSR count). The molecule has 162 valence electrons. The maximum atomic E-state index is 12.4. The summed E-state index contributed by atoms with van der Waals surface area (Å²) >= 11 is 0. The number of carbonyl (C=O) groups is 1. The van der Waals surface area contributed by atoms with Gasteiger partial charge in [-0.05, 0) is 36.6 Å². The predicted octanol–water partition coefficient (Wildman–Crippen LogP) is 3.95. The summed E-state index contributed by atoms with van der Waals surface area (Å²) in [7, 11) is 1.32. The molecule has 0 radical (unpaired) electrons. The number of rotatable bonds is 7. The van der Waals surface area contributed by atoms with Gasteiger partial charge in [0.15, 0.2) is 18.1 Å². The van der Waals surface area contributed by atoms with Crippen molar-refractivity contribution in [3.8, 4) is 11.5 Å². The second kappa shape index (κ2) is 9.55. The zero-order valence-corrected chi connectivity index (χ0v) is 16.5. The van der Waals surface area contributed by atoms with E-state index < -0.39 is 18.8 Å². The number of nitrogens with one attached hydrogen (secondary N) is 2. The highest BCUT2D eigenvalue weighted by Gasteiger charge is 2.29. The summed E-state index contributed by atoms with van der Waals surface area (Å²) in [6.45, 7) is 0.805. The number of amides is 2. The lowest BCUT2D eigenvalue weighted by Crippen LogP contribution is -2.28. The molecule has 0 atom stereocenters. The summed E-state index contributed by atoms with van der Waals surface area (Å²) in [5, 5.41) is 5.25. The maximum absolute atomic E-state index is 12.4. The van der Waals surface area contributed by atoms with Gasteiger partial charge in [-0.25, -0.2) is 9.78 Å². The van der Waals surface area contributed by atoms with Crippen molar-refractivity contribution in [2.45, 2.75) is 25.6 Å². The van der Waals surface area contributed by atoms with Crippen LogP contribution in [-0.2, 0) is 6.54 Å². The van der Waals surface area contributed by atoms with E-state index in [1.807, 2.05) is 12.1 Å². The largest absolute Gasteiger partial charge is 0.493 e. The van der Waals surface area contributed by atoms with Crippen LogP contribution in [0.4, 0.5) is 29.5 Å². The van der Waals surface area contributed by atoms with E-state index in [0.717, 1.165) is 24.5 Å². The van der Waals surface area contributed by atoms with Crippen LogP contribution in [0.1, 0.15) is 18.4 Å². The molecule has 1 aromatic heterocycles. The van der Waals surface area contributed by atoms with Crippen molar-refractivity contribution in [2.75, 3.05) is 37.0 Å². The van der Waals surface area contributed by atoms with Crippen molar-refractivity contribution < 1.29 is 27.4 Å². The van der Waals surface area contributed by atoms with Crippen LogP contribution in [0.15, 0.2) is 36.5 Å². The van der Waals surface area contributed by atoms with Crippen LogP contribution in [0.3, 0.4) is 0 Å². The van der Waals surface area contributed by atoms with E-state index in [0.29, 0.717) is 0 Å². The molecule has 1 aliphatic heterocycles. The summed E-state index contributed by atoms with van der Waals surface area (Å²) < 4.78 is 47.0. The number of hydrogen-bond donors (Lipinski definition) is 2. The SMILES string of the molecule is COc1ccc(NC(=O)NCc2ccc(N3CCCC3)nc2)cc1OCC(F)(F)F. The molecule has 2 aromatic rings. The van der Waals surface area contributed by atoms with Crippen molar-refractivity contribution in [1.82, 2.24) is 10.3 Å². The van der Waals surface area contributed by atoms with Crippen molar-refractivity contribution in [3.63, 3.8) is 0 Å². The van der Waals surface area contributed by atoms with Gasteiger partial charge in [0.25, 0.3) is 0 Å². The van der Waals surface area contributed by atoms with Gasteiger partial charge in [-0.2, -0.15) is 13.2 Å². The van der Waals surface area contributed by atoms with Crippen LogP contribution in [0.25, 0.3) is 0 Å². The zero-order valence-electron chi connectivity index (χ0n) is 16.5. The minimum atomic E-state index is -4.48. The van der Waals surface area contributed by atoms with Gasteiger partial charge in [0, 0.05) is 37.6 Å². The Morgan fingerprint density at radius 2 is 1.93 bits per heavy atom. The predicted molar refractivity (Wildman–Crippen MR) is 106 cm³/mol. The van der Waals surface area contributed by atoms with E-state index in [2.05, 4.69) is 20.5 Å². The second-order valence-electron chi connectivity index (χ2n) is 6.80. The summed E-state index contributed by atoms with van der Waals surface area (Å²) in [4.78, 5) is 18.8. The average Bonchev–Trinajstić information content (AvgIpc) is 3.25. The molecule has 0 aliphatic carbocycles. The molecule has 2 heterocycles. The third-order valence-corrected chi connectivity index (χ3v) is 4.51. The number of hydrogen-bond acceptors (Lipinski definition) is 5. The van der Waals surface area contributed by atoms with Crippen LogP contribution in [0.2, 0.25) is 0 Å². The first-order valence-corrected chi connectivity index (χ1v) is 9.46. The van der Waals surface area contributed by atoms with E-state index in [4.69, 9.17) is 9.47 Å². The summed E-state index contributed by atoms with van der Waals surface area (Å²) in [6.07, 6.45) is -0.437. The Morgan fingerprint density at radius 3 is 2.57 bits per heavy atom. The molecule has 1 aliphatic rings. The van der Waals surface area contributed by atoms with E-state index in [-0.39, 0.29) is 23.7 Å². The molecule has 1 fully saturated rings. The molecular formula is C20H23F3N4O3.